The van der Waals surface area contributed by atoms with Crippen LogP contribution < -0.4 is 0 Å². The smallest absolute Gasteiger partial charge is 0.0524 e. The molecule has 0 fully saturated rings. The van der Waals surface area contributed by atoms with Crippen molar-refractivity contribution in [2.45, 2.75) is 39.0 Å². The van der Waals surface area contributed by atoms with E-state index in [4.69, 9.17) is 0 Å². The molecule has 0 spiro atoms. The van der Waals surface area contributed by atoms with E-state index < -0.39 is 8.07 Å². The number of nitrogens with zero attached hydrogens (tertiary/aromatic N) is 2. The molecular formula is C10H20N2Si. The fourth-order valence-electron chi connectivity index (χ4n) is 1.30. The van der Waals surface area contributed by atoms with Crippen molar-refractivity contribution in [3.05, 3.63) is 17.5 Å². The van der Waals surface area contributed by atoms with Crippen LogP contribution in [0.25, 0.3) is 0 Å². The molecule has 13 heavy (non-hydrogen) atoms. The maximum Gasteiger partial charge on any atom is 0.0524 e. The van der Waals surface area contributed by atoms with E-state index in [9.17, 15) is 0 Å². The highest BCUT2D eigenvalue weighted by atomic mass is 28.3. The Balaban J connectivity index is 2.60. The molecule has 2 nitrogen and oxygen atoms in total. The van der Waals surface area contributed by atoms with Crippen LogP contribution in [0.4, 0.5) is 0 Å². The number of hydrogen-bond acceptors (Lipinski definition) is 1. The second kappa shape index (κ2) is 3.66. The molecule has 74 valence electrons. The molecule has 0 saturated carbocycles. The molecule has 0 aliphatic heterocycles. The summed E-state index contributed by atoms with van der Waals surface area (Å²) in [5.74, 6) is 0. The summed E-state index contributed by atoms with van der Waals surface area (Å²) < 4.78 is 1.96. The average molecular weight is 196 g/mol. The van der Waals surface area contributed by atoms with Gasteiger partial charge < -0.3 is 0 Å². The first kappa shape index (κ1) is 10.5. The third kappa shape index (κ3) is 2.99. The normalized spacial score (nSPS) is 12.1. The number of aryl methyl sites for hydroxylation is 2. The van der Waals surface area contributed by atoms with Gasteiger partial charge in [0, 0.05) is 20.8 Å². The van der Waals surface area contributed by atoms with Gasteiger partial charge in [-0.1, -0.05) is 25.7 Å². The van der Waals surface area contributed by atoms with Crippen molar-refractivity contribution in [1.82, 2.24) is 9.78 Å². The van der Waals surface area contributed by atoms with Crippen LogP contribution in [0.2, 0.25) is 25.7 Å². The second-order valence-electron chi connectivity index (χ2n) is 4.94. The minimum atomic E-state index is -0.891. The minimum Gasteiger partial charge on any atom is -0.273 e. The highest BCUT2D eigenvalue weighted by Gasteiger charge is 2.14. The fourth-order valence-corrected chi connectivity index (χ4v) is 2.32. The van der Waals surface area contributed by atoms with E-state index in [1.165, 1.54) is 23.7 Å². The molecule has 3 heteroatoms. The average Bonchev–Trinajstić information content (AvgIpc) is 2.29. The van der Waals surface area contributed by atoms with E-state index in [1.54, 1.807) is 0 Å². The molecule has 0 N–H and O–H groups in total. The van der Waals surface area contributed by atoms with Gasteiger partial charge in [-0.3, -0.25) is 4.68 Å². The first-order chi connectivity index (χ1) is 5.90. The van der Waals surface area contributed by atoms with Crippen LogP contribution in [0.15, 0.2) is 6.20 Å². The lowest BCUT2D eigenvalue weighted by Gasteiger charge is -2.14. The Hall–Kier alpha value is -0.573. The Morgan fingerprint density at radius 2 is 2.00 bits per heavy atom. The molecule has 0 unspecified atom stereocenters. The SMILES string of the molecule is Cc1c(CC[Si](C)(C)C)cnn1C. The predicted octanol–water partition coefficient (Wildman–Crippen LogP) is 2.61. The summed E-state index contributed by atoms with van der Waals surface area (Å²) in [6.45, 7) is 9.39. The van der Waals surface area contributed by atoms with E-state index in [1.807, 2.05) is 17.9 Å². The van der Waals surface area contributed by atoms with Crippen LogP contribution in [0.3, 0.4) is 0 Å². The Morgan fingerprint density at radius 3 is 2.38 bits per heavy atom. The van der Waals surface area contributed by atoms with Crippen LogP contribution in [0.5, 0.6) is 0 Å². The van der Waals surface area contributed by atoms with Gasteiger partial charge in [0.1, 0.15) is 0 Å². The quantitative estimate of drug-likeness (QED) is 0.680. The van der Waals surface area contributed by atoms with Gasteiger partial charge in [-0.05, 0) is 18.9 Å². The monoisotopic (exact) mass is 196 g/mol. The van der Waals surface area contributed by atoms with Gasteiger partial charge in [0.15, 0.2) is 0 Å². The predicted molar refractivity (Wildman–Crippen MR) is 59.8 cm³/mol. The molecule has 1 heterocycles. The number of aromatic nitrogens is 2. The third-order valence-electron chi connectivity index (χ3n) is 2.48. The molecule has 0 amide bonds. The van der Waals surface area contributed by atoms with E-state index in [-0.39, 0.29) is 0 Å². The van der Waals surface area contributed by atoms with Gasteiger partial charge in [-0.15, -0.1) is 0 Å². The fraction of sp³-hybridized carbons (Fsp3) is 0.700. The summed E-state index contributed by atoms with van der Waals surface area (Å²) >= 11 is 0. The third-order valence-corrected chi connectivity index (χ3v) is 4.23. The van der Waals surface area contributed by atoms with E-state index >= 15 is 0 Å². The van der Waals surface area contributed by atoms with Crippen molar-refractivity contribution in [2.24, 2.45) is 7.05 Å². The van der Waals surface area contributed by atoms with Crippen molar-refractivity contribution in [3.8, 4) is 0 Å². The molecule has 0 aliphatic carbocycles. The van der Waals surface area contributed by atoms with Crippen LogP contribution in [-0.2, 0) is 13.5 Å². The van der Waals surface area contributed by atoms with E-state index in [2.05, 4.69) is 31.7 Å². The van der Waals surface area contributed by atoms with Crippen molar-refractivity contribution in [3.63, 3.8) is 0 Å². The van der Waals surface area contributed by atoms with Crippen LogP contribution in [-0.4, -0.2) is 17.9 Å². The molecule has 1 aromatic rings. The maximum atomic E-state index is 4.25. The van der Waals surface area contributed by atoms with E-state index in [0.717, 1.165) is 0 Å². The lowest BCUT2D eigenvalue weighted by atomic mass is 10.2. The highest BCUT2D eigenvalue weighted by molar-refractivity contribution is 6.76. The van der Waals surface area contributed by atoms with Crippen LogP contribution in [0.1, 0.15) is 11.3 Å². The van der Waals surface area contributed by atoms with Gasteiger partial charge in [0.25, 0.3) is 0 Å². The van der Waals surface area contributed by atoms with Gasteiger partial charge in [0.05, 0.1) is 6.20 Å². The Kier molecular flexibility index (Phi) is 2.96. The number of hydrogen-bond donors (Lipinski definition) is 0. The maximum absolute atomic E-state index is 4.25. The first-order valence-corrected chi connectivity index (χ1v) is 8.58. The second-order valence-corrected chi connectivity index (χ2v) is 10.6. The Labute approximate surface area is 82.0 Å². The zero-order valence-electron chi connectivity index (χ0n) is 9.39. The summed E-state index contributed by atoms with van der Waals surface area (Å²) in [6.07, 6.45) is 3.21. The van der Waals surface area contributed by atoms with Crippen LogP contribution >= 0.6 is 0 Å². The van der Waals surface area contributed by atoms with Crippen LogP contribution in [0, 0.1) is 6.92 Å². The van der Waals surface area contributed by atoms with E-state index in [0.29, 0.717) is 0 Å². The molecule has 0 radical (unpaired) electrons. The van der Waals surface area contributed by atoms with Gasteiger partial charge in [-0.2, -0.15) is 5.10 Å². The Morgan fingerprint density at radius 1 is 1.38 bits per heavy atom. The molecule has 1 aromatic heterocycles. The number of rotatable bonds is 3. The zero-order valence-corrected chi connectivity index (χ0v) is 10.4. The Bertz CT molecular complexity index is 284. The molecule has 0 bridgehead atoms. The van der Waals surface area contributed by atoms with Gasteiger partial charge in [-0.25, -0.2) is 0 Å². The summed E-state index contributed by atoms with van der Waals surface area (Å²) in [6, 6.07) is 1.36. The molecule has 0 saturated heterocycles. The summed E-state index contributed by atoms with van der Waals surface area (Å²) in [4.78, 5) is 0. The lowest BCUT2D eigenvalue weighted by Crippen LogP contribution is -2.20. The highest BCUT2D eigenvalue weighted by Crippen LogP contribution is 2.15. The van der Waals surface area contributed by atoms with Gasteiger partial charge in [0.2, 0.25) is 0 Å². The molecule has 0 atom stereocenters. The summed E-state index contributed by atoms with van der Waals surface area (Å²) in [5.41, 5.74) is 2.74. The lowest BCUT2D eigenvalue weighted by molar-refractivity contribution is 0.738. The minimum absolute atomic E-state index is 0.891. The topological polar surface area (TPSA) is 17.8 Å². The van der Waals surface area contributed by atoms with Gasteiger partial charge >= 0.3 is 0 Å². The zero-order chi connectivity index (χ0) is 10.1. The summed E-state index contributed by atoms with van der Waals surface area (Å²) in [7, 11) is 1.12. The molecule has 0 aliphatic rings. The largest absolute Gasteiger partial charge is 0.273 e. The van der Waals surface area contributed by atoms with Crippen molar-refractivity contribution in [1.29, 1.82) is 0 Å². The molecule has 0 aromatic carbocycles. The standard InChI is InChI=1S/C10H20N2Si/c1-9-10(8-11-12(9)2)6-7-13(3,4)5/h8H,6-7H2,1-5H3. The summed E-state index contributed by atoms with van der Waals surface area (Å²) in [5, 5.41) is 4.25. The first-order valence-electron chi connectivity index (χ1n) is 4.87. The molecule has 1 rings (SSSR count). The van der Waals surface area contributed by atoms with Crippen molar-refractivity contribution in [2.75, 3.05) is 0 Å². The van der Waals surface area contributed by atoms with Crippen molar-refractivity contribution >= 4 is 8.07 Å². The van der Waals surface area contributed by atoms with Crippen molar-refractivity contribution < 1.29 is 0 Å². The molecular weight excluding hydrogens is 176 g/mol.